The summed E-state index contributed by atoms with van der Waals surface area (Å²) in [6.45, 7) is 0.752. The summed E-state index contributed by atoms with van der Waals surface area (Å²) in [5.41, 5.74) is -4.08. The molecular formula is C23H24F6N4O5. The number of ether oxygens (including phenoxy) is 3. The number of hydrogen-bond donors (Lipinski definition) is 3. The molecule has 9 nitrogen and oxygen atoms in total. The van der Waals surface area contributed by atoms with Gasteiger partial charge in [0.25, 0.3) is 6.43 Å². The third-order valence-corrected chi connectivity index (χ3v) is 6.13. The van der Waals surface area contributed by atoms with Gasteiger partial charge in [0.1, 0.15) is 17.5 Å². The molecule has 0 saturated carbocycles. The summed E-state index contributed by atoms with van der Waals surface area (Å²) in [5, 5.41) is 15.2. The van der Waals surface area contributed by atoms with Gasteiger partial charge in [-0.1, -0.05) is 18.2 Å². The number of anilines is 1. The first-order chi connectivity index (χ1) is 17.9. The summed E-state index contributed by atoms with van der Waals surface area (Å²) in [6, 6.07) is 3.10. The highest BCUT2D eigenvalue weighted by molar-refractivity contribution is 5.80. The third kappa shape index (κ3) is 5.70. The van der Waals surface area contributed by atoms with E-state index in [1.165, 1.54) is 6.92 Å². The number of halogens is 6. The first-order valence-corrected chi connectivity index (χ1v) is 11.5. The topological polar surface area (TPSA) is 115 Å². The number of benzene rings is 1. The molecule has 2 fully saturated rings. The lowest BCUT2D eigenvalue weighted by Crippen LogP contribution is -2.59. The molecule has 2 aliphatic heterocycles. The lowest BCUT2D eigenvalue weighted by molar-refractivity contribution is -0.197. The zero-order valence-electron chi connectivity index (χ0n) is 19.9. The fourth-order valence-corrected chi connectivity index (χ4v) is 4.23. The highest BCUT2D eigenvalue weighted by Gasteiger charge is 2.58. The van der Waals surface area contributed by atoms with Crippen molar-refractivity contribution < 1.29 is 50.5 Å². The highest BCUT2D eigenvalue weighted by atomic mass is 19.4. The number of amides is 1. The molecule has 0 spiro atoms. The summed E-state index contributed by atoms with van der Waals surface area (Å²) < 4.78 is 97.8. The molecule has 1 amide bonds. The molecular weight excluding hydrogens is 526 g/mol. The van der Waals surface area contributed by atoms with Crippen LogP contribution in [0, 0.1) is 12.7 Å². The lowest BCUT2D eigenvalue weighted by Gasteiger charge is -2.31. The zero-order valence-corrected chi connectivity index (χ0v) is 19.9. The molecule has 3 N–H and O–H groups in total. The minimum Gasteiger partial charge on any atom is -0.379 e. The fraction of sp³-hybridized carbons (Fsp3) is 0.522. The minimum atomic E-state index is -4.77. The summed E-state index contributed by atoms with van der Waals surface area (Å²) in [7, 11) is 0. The Morgan fingerprint density at radius 1 is 1.18 bits per heavy atom. The van der Waals surface area contributed by atoms with Crippen LogP contribution in [0.1, 0.15) is 53.6 Å². The van der Waals surface area contributed by atoms with E-state index >= 15 is 0 Å². The summed E-state index contributed by atoms with van der Waals surface area (Å²) in [5.74, 6) is -2.50. The van der Waals surface area contributed by atoms with Gasteiger partial charge in [0.05, 0.1) is 43.1 Å². The number of carbonyl (C=O) groups excluding carboxylic acids is 1. The monoisotopic (exact) mass is 550 g/mol. The van der Waals surface area contributed by atoms with Crippen LogP contribution in [0.3, 0.4) is 0 Å². The van der Waals surface area contributed by atoms with E-state index in [4.69, 9.17) is 14.2 Å². The van der Waals surface area contributed by atoms with Gasteiger partial charge in [-0.05, 0) is 6.92 Å². The van der Waals surface area contributed by atoms with Crippen LogP contribution >= 0.6 is 0 Å². The normalized spacial score (nSPS) is 21.2. The van der Waals surface area contributed by atoms with Crippen molar-refractivity contribution in [1.29, 1.82) is 0 Å². The Morgan fingerprint density at radius 3 is 2.47 bits per heavy atom. The predicted octanol–water partition coefficient (Wildman–Crippen LogP) is 3.39. The number of aliphatic hydroxyl groups is 1. The van der Waals surface area contributed by atoms with Crippen molar-refractivity contribution >= 4 is 11.7 Å². The summed E-state index contributed by atoms with van der Waals surface area (Å²) >= 11 is 0. The fourth-order valence-electron chi connectivity index (χ4n) is 4.23. The average molecular weight is 550 g/mol. The number of nitrogens with one attached hydrogen (secondary N) is 2. The van der Waals surface area contributed by atoms with Crippen molar-refractivity contribution in [2.45, 2.75) is 50.4 Å². The SMILES string of the molecule is Cc1nc(CC(=O)N[C@]2(C(F)(F)F)CCOC2)c(C2OCCO2)c(NC(O)c2cccc(C(F)F)c2F)n1. The van der Waals surface area contributed by atoms with Gasteiger partial charge in [-0.3, -0.25) is 4.79 Å². The van der Waals surface area contributed by atoms with Crippen molar-refractivity contribution in [2.24, 2.45) is 0 Å². The number of hydrogen-bond acceptors (Lipinski definition) is 8. The largest absolute Gasteiger partial charge is 0.413 e. The number of carbonyl (C=O) groups is 1. The van der Waals surface area contributed by atoms with Crippen LogP contribution in [0.2, 0.25) is 0 Å². The molecule has 2 aromatic rings. The maximum atomic E-state index is 14.6. The predicted molar refractivity (Wildman–Crippen MR) is 117 cm³/mol. The minimum absolute atomic E-state index is 0.0172. The maximum Gasteiger partial charge on any atom is 0.413 e. The van der Waals surface area contributed by atoms with Gasteiger partial charge >= 0.3 is 6.18 Å². The first-order valence-electron chi connectivity index (χ1n) is 11.5. The number of aryl methyl sites for hydroxylation is 1. The molecule has 0 aliphatic carbocycles. The van der Waals surface area contributed by atoms with E-state index in [0.29, 0.717) is 0 Å². The van der Waals surface area contributed by atoms with E-state index in [9.17, 15) is 36.2 Å². The zero-order chi connectivity index (χ0) is 27.7. The van der Waals surface area contributed by atoms with E-state index in [1.54, 1.807) is 0 Å². The van der Waals surface area contributed by atoms with E-state index < -0.39 is 73.0 Å². The van der Waals surface area contributed by atoms with E-state index in [0.717, 1.165) is 18.2 Å². The molecule has 2 atom stereocenters. The van der Waals surface area contributed by atoms with Crippen LogP contribution < -0.4 is 10.6 Å². The molecule has 38 heavy (non-hydrogen) atoms. The molecule has 1 aromatic heterocycles. The van der Waals surface area contributed by atoms with Gasteiger partial charge in [0.2, 0.25) is 5.91 Å². The smallest absolute Gasteiger partial charge is 0.379 e. The Morgan fingerprint density at radius 2 is 1.87 bits per heavy atom. The van der Waals surface area contributed by atoms with Gasteiger partial charge in [0.15, 0.2) is 18.1 Å². The molecule has 2 saturated heterocycles. The Balaban J connectivity index is 1.66. The molecule has 0 radical (unpaired) electrons. The molecule has 2 aliphatic rings. The Kier molecular flexibility index (Phi) is 8.11. The standard InChI is InChI=1S/C23H24F6N4O5/c1-11-30-14(9-15(34)33-22(23(27,28)29)5-6-36-10-22)16(21-37-7-8-38-21)19(31-11)32-20(35)13-4-2-3-12(17(13)24)18(25)26/h2-4,18,20-21,35H,5-10H2,1H3,(H,33,34)(H,30,31,32)/t20?,22-/m1/s1. The molecule has 208 valence electrons. The number of aromatic nitrogens is 2. The highest BCUT2D eigenvalue weighted by Crippen LogP contribution is 2.38. The second-order valence-corrected chi connectivity index (χ2v) is 8.76. The Hall–Kier alpha value is -3.01. The van der Waals surface area contributed by atoms with Crippen LogP contribution in [-0.2, 0) is 25.4 Å². The van der Waals surface area contributed by atoms with Crippen LogP contribution in [0.25, 0.3) is 0 Å². The van der Waals surface area contributed by atoms with Crippen LogP contribution in [0.15, 0.2) is 18.2 Å². The van der Waals surface area contributed by atoms with Crippen LogP contribution in [0.5, 0.6) is 0 Å². The van der Waals surface area contributed by atoms with Gasteiger partial charge in [-0.2, -0.15) is 13.2 Å². The van der Waals surface area contributed by atoms with Crippen molar-refractivity contribution in [3.05, 3.63) is 52.2 Å². The summed E-state index contributed by atoms with van der Waals surface area (Å²) in [6.07, 6.45) is -12.1. The molecule has 4 rings (SSSR count). The molecule has 0 bridgehead atoms. The maximum absolute atomic E-state index is 14.6. The summed E-state index contributed by atoms with van der Waals surface area (Å²) in [4.78, 5) is 21.1. The molecule has 1 unspecified atom stereocenters. The van der Waals surface area contributed by atoms with Crippen molar-refractivity contribution in [3.63, 3.8) is 0 Å². The molecule has 3 heterocycles. The molecule has 1 aromatic carbocycles. The number of rotatable bonds is 8. The van der Waals surface area contributed by atoms with Gasteiger partial charge in [0, 0.05) is 18.6 Å². The average Bonchev–Trinajstić information content (AvgIpc) is 3.51. The van der Waals surface area contributed by atoms with Gasteiger partial charge in [-0.25, -0.2) is 23.1 Å². The van der Waals surface area contributed by atoms with E-state index in [1.807, 2.05) is 5.32 Å². The quantitative estimate of drug-likeness (QED) is 0.339. The molecule has 15 heteroatoms. The van der Waals surface area contributed by atoms with Crippen LogP contribution in [0.4, 0.5) is 32.2 Å². The number of aliphatic hydroxyl groups excluding tert-OH is 1. The van der Waals surface area contributed by atoms with Gasteiger partial charge in [-0.15, -0.1) is 0 Å². The second kappa shape index (κ2) is 11.0. The van der Waals surface area contributed by atoms with Crippen molar-refractivity contribution in [2.75, 3.05) is 31.7 Å². The van der Waals surface area contributed by atoms with Crippen molar-refractivity contribution in [1.82, 2.24) is 15.3 Å². The van der Waals surface area contributed by atoms with Gasteiger partial charge < -0.3 is 30.0 Å². The number of nitrogens with zero attached hydrogens (tertiary/aromatic N) is 2. The van der Waals surface area contributed by atoms with E-state index in [-0.39, 0.29) is 42.7 Å². The van der Waals surface area contributed by atoms with E-state index in [2.05, 4.69) is 15.3 Å². The Bertz CT molecular complexity index is 1170. The van der Waals surface area contributed by atoms with Crippen molar-refractivity contribution in [3.8, 4) is 0 Å². The Labute approximate surface area is 212 Å². The third-order valence-electron chi connectivity index (χ3n) is 6.13. The lowest BCUT2D eigenvalue weighted by atomic mass is 9.97. The second-order valence-electron chi connectivity index (χ2n) is 8.76. The first kappa shape index (κ1) is 28.0. The number of alkyl halides is 5. The van der Waals surface area contributed by atoms with Crippen LogP contribution in [-0.4, -0.2) is 59.1 Å².